The number of likely N-dealkylation sites (tertiary alicyclic amines) is 1. The van der Waals surface area contributed by atoms with Gasteiger partial charge in [-0.1, -0.05) is 23.7 Å². The summed E-state index contributed by atoms with van der Waals surface area (Å²) >= 11 is 6.18. The summed E-state index contributed by atoms with van der Waals surface area (Å²) in [7, 11) is 0. The number of anilines is 1. The minimum atomic E-state index is -0.282. The van der Waals surface area contributed by atoms with Gasteiger partial charge in [-0.3, -0.25) is 9.59 Å². The summed E-state index contributed by atoms with van der Waals surface area (Å²) in [5, 5.41) is 0.537. The number of hydrogen-bond acceptors (Lipinski definition) is 3. The smallest absolute Gasteiger partial charge is 0.228 e. The van der Waals surface area contributed by atoms with E-state index < -0.39 is 0 Å². The van der Waals surface area contributed by atoms with Gasteiger partial charge in [-0.25, -0.2) is 0 Å². The highest BCUT2D eigenvalue weighted by molar-refractivity contribution is 6.33. The van der Waals surface area contributed by atoms with Crippen LogP contribution in [0.2, 0.25) is 5.02 Å². The predicted octanol–water partition coefficient (Wildman–Crippen LogP) is 1.89. The van der Waals surface area contributed by atoms with Crippen LogP contribution in [0.15, 0.2) is 24.3 Å². The monoisotopic (exact) mass is 335 g/mol. The van der Waals surface area contributed by atoms with Crippen LogP contribution in [0.5, 0.6) is 0 Å². The quantitative estimate of drug-likeness (QED) is 0.917. The van der Waals surface area contributed by atoms with Crippen molar-refractivity contribution in [1.29, 1.82) is 0 Å². The predicted molar refractivity (Wildman–Crippen MR) is 90.3 cm³/mol. The molecule has 2 atom stereocenters. The maximum atomic E-state index is 12.7. The summed E-state index contributed by atoms with van der Waals surface area (Å²) in [6.07, 6.45) is 2.33. The fraction of sp³-hybridized carbons (Fsp3) is 0.529. The summed E-state index contributed by atoms with van der Waals surface area (Å²) in [5.41, 5.74) is 6.43. The zero-order valence-corrected chi connectivity index (χ0v) is 13.8. The van der Waals surface area contributed by atoms with Crippen LogP contribution in [0.4, 0.5) is 5.69 Å². The summed E-state index contributed by atoms with van der Waals surface area (Å²) in [6, 6.07) is 7.25. The molecule has 0 radical (unpaired) electrons. The van der Waals surface area contributed by atoms with E-state index in [1.165, 1.54) is 0 Å². The first kappa shape index (κ1) is 16.3. The second-order valence-corrected chi connectivity index (χ2v) is 6.79. The number of para-hydroxylation sites is 1. The van der Waals surface area contributed by atoms with Gasteiger partial charge in [0.2, 0.25) is 11.8 Å². The van der Waals surface area contributed by atoms with Crippen molar-refractivity contribution in [2.24, 2.45) is 17.6 Å². The van der Waals surface area contributed by atoms with Gasteiger partial charge in [0.15, 0.2) is 0 Å². The molecule has 0 bridgehead atoms. The Bertz CT molecular complexity index is 607. The van der Waals surface area contributed by atoms with Crippen molar-refractivity contribution < 1.29 is 9.59 Å². The fourth-order valence-corrected chi connectivity index (χ4v) is 3.73. The van der Waals surface area contributed by atoms with Crippen LogP contribution in [0.25, 0.3) is 0 Å². The molecule has 2 amide bonds. The van der Waals surface area contributed by atoms with Crippen molar-refractivity contribution in [3.05, 3.63) is 29.3 Å². The SMILES string of the molecule is NC[C@@H]1CCCN(C(=O)[C@H]2CC(=O)N(c3ccccc3Cl)C2)C1. The van der Waals surface area contributed by atoms with Crippen molar-refractivity contribution in [1.82, 2.24) is 4.90 Å². The molecule has 0 aliphatic carbocycles. The van der Waals surface area contributed by atoms with Crippen LogP contribution in [0.1, 0.15) is 19.3 Å². The average Bonchev–Trinajstić information content (AvgIpc) is 2.96. The molecular weight excluding hydrogens is 314 g/mol. The Morgan fingerprint density at radius 2 is 2.09 bits per heavy atom. The fourth-order valence-electron chi connectivity index (χ4n) is 3.49. The maximum Gasteiger partial charge on any atom is 0.228 e. The number of benzene rings is 1. The number of nitrogens with zero attached hydrogens (tertiary/aromatic N) is 2. The Balaban J connectivity index is 1.70. The van der Waals surface area contributed by atoms with Crippen LogP contribution in [-0.2, 0) is 9.59 Å². The lowest BCUT2D eigenvalue weighted by Crippen LogP contribution is -2.45. The van der Waals surface area contributed by atoms with Crippen LogP contribution < -0.4 is 10.6 Å². The number of nitrogens with two attached hydrogens (primary N) is 1. The number of carbonyl (C=O) groups excluding carboxylic acids is 2. The summed E-state index contributed by atoms with van der Waals surface area (Å²) in [4.78, 5) is 28.6. The minimum absolute atomic E-state index is 0.0381. The molecule has 2 N–H and O–H groups in total. The Morgan fingerprint density at radius 3 is 2.83 bits per heavy atom. The summed E-state index contributed by atoms with van der Waals surface area (Å²) in [5.74, 6) is 0.134. The molecule has 124 valence electrons. The minimum Gasteiger partial charge on any atom is -0.342 e. The Kier molecular flexibility index (Phi) is 4.87. The van der Waals surface area contributed by atoms with Crippen LogP contribution in [0.3, 0.4) is 0 Å². The van der Waals surface area contributed by atoms with Gasteiger partial charge in [-0.2, -0.15) is 0 Å². The van der Waals surface area contributed by atoms with E-state index >= 15 is 0 Å². The molecule has 0 saturated carbocycles. The molecule has 5 nitrogen and oxygen atoms in total. The molecule has 23 heavy (non-hydrogen) atoms. The van der Waals surface area contributed by atoms with Crippen LogP contribution >= 0.6 is 11.6 Å². The molecule has 2 aliphatic heterocycles. The van der Waals surface area contributed by atoms with Gasteiger partial charge in [-0.05, 0) is 37.4 Å². The van der Waals surface area contributed by atoms with Crippen molar-refractivity contribution >= 4 is 29.1 Å². The normalized spacial score (nSPS) is 25.0. The van der Waals surface area contributed by atoms with E-state index in [-0.39, 0.29) is 24.2 Å². The molecule has 3 rings (SSSR count). The highest BCUT2D eigenvalue weighted by Crippen LogP contribution is 2.32. The van der Waals surface area contributed by atoms with Crippen molar-refractivity contribution in [3.63, 3.8) is 0 Å². The molecule has 6 heteroatoms. The van der Waals surface area contributed by atoms with E-state index in [0.29, 0.717) is 36.3 Å². The molecule has 1 aromatic carbocycles. The Labute approximate surface area is 141 Å². The number of rotatable bonds is 3. The highest BCUT2D eigenvalue weighted by atomic mass is 35.5. The third-order valence-corrected chi connectivity index (χ3v) is 5.10. The third kappa shape index (κ3) is 3.35. The second kappa shape index (κ2) is 6.89. The van der Waals surface area contributed by atoms with E-state index in [1.54, 1.807) is 11.0 Å². The largest absolute Gasteiger partial charge is 0.342 e. The maximum absolute atomic E-state index is 12.7. The van der Waals surface area contributed by atoms with Crippen molar-refractivity contribution in [2.75, 3.05) is 31.1 Å². The lowest BCUT2D eigenvalue weighted by Gasteiger charge is -2.33. The van der Waals surface area contributed by atoms with E-state index in [4.69, 9.17) is 17.3 Å². The summed E-state index contributed by atoms with van der Waals surface area (Å²) in [6.45, 7) is 2.50. The van der Waals surface area contributed by atoms with E-state index in [2.05, 4.69) is 0 Å². The lowest BCUT2D eigenvalue weighted by atomic mass is 9.96. The van der Waals surface area contributed by atoms with E-state index in [0.717, 1.165) is 19.4 Å². The molecule has 0 aromatic heterocycles. The first-order chi connectivity index (χ1) is 11.1. The number of hydrogen-bond donors (Lipinski definition) is 1. The highest BCUT2D eigenvalue weighted by Gasteiger charge is 2.38. The standard InChI is InChI=1S/C17H22ClN3O2/c18-14-5-1-2-6-15(14)21-11-13(8-16(21)22)17(23)20-7-3-4-12(9-19)10-20/h1-2,5-6,12-13H,3-4,7-11,19H2/t12-,13-/m0/s1. The van der Waals surface area contributed by atoms with Gasteiger partial charge in [0.05, 0.1) is 16.6 Å². The van der Waals surface area contributed by atoms with Gasteiger partial charge in [-0.15, -0.1) is 0 Å². The molecule has 2 saturated heterocycles. The topological polar surface area (TPSA) is 66.6 Å². The number of piperidine rings is 1. The van der Waals surface area contributed by atoms with Crippen LogP contribution in [0, 0.1) is 11.8 Å². The zero-order valence-electron chi connectivity index (χ0n) is 13.1. The van der Waals surface area contributed by atoms with Gasteiger partial charge in [0.1, 0.15) is 0 Å². The molecule has 0 unspecified atom stereocenters. The first-order valence-corrected chi connectivity index (χ1v) is 8.51. The molecular formula is C17H22ClN3O2. The summed E-state index contributed by atoms with van der Waals surface area (Å²) < 4.78 is 0. The third-order valence-electron chi connectivity index (χ3n) is 4.78. The van der Waals surface area contributed by atoms with Crippen LogP contribution in [-0.4, -0.2) is 42.9 Å². The Morgan fingerprint density at radius 1 is 1.30 bits per heavy atom. The molecule has 0 spiro atoms. The molecule has 2 heterocycles. The van der Waals surface area contributed by atoms with Gasteiger partial charge in [0, 0.05) is 26.1 Å². The molecule has 2 aliphatic rings. The van der Waals surface area contributed by atoms with Gasteiger partial charge < -0.3 is 15.5 Å². The lowest BCUT2D eigenvalue weighted by molar-refractivity contribution is -0.137. The second-order valence-electron chi connectivity index (χ2n) is 6.39. The number of amides is 2. The molecule has 2 fully saturated rings. The first-order valence-electron chi connectivity index (χ1n) is 8.14. The zero-order chi connectivity index (χ0) is 16.4. The van der Waals surface area contributed by atoms with Crippen molar-refractivity contribution in [3.8, 4) is 0 Å². The number of halogens is 1. The molecule has 1 aromatic rings. The number of carbonyl (C=O) groups is 2. The average molecular weight is 336 g/mol. The Hall–Kier alpha value is -1.59. The van der Waals surface area contributed by atoms with E-state index in [9.17, 15) is 9.59 Å². The van der Waals surface area contributed by atoms with Gasteiger partial charge in [0.25, 0.3) is 0 Å². The van der Waals surface area contributed by atoms with E-state index in [1.807, 2.05) is 23.1 Å². The van der Waals surface area contributed by atoms with Crippen molar-refractivity contribution in [2.45, 2.75) is 19.3 Å². The van der Waals surface area contributed by atoms with Gasteiger partial charge >= 0.3 is 0 Å².